The second-order valence-electron chi connectivity index (χ2n) is 7.25. The molecule has 1 aromatic heterocycles. The van der Waals surface area contributed by atoms with Crippen LogP contribution in [0, 0.1) is 0 Å². The molecule has 3 rings (SSSR count). The van der Waals surface area contributed by atoms with Gasteiger partial charge in [-0.25, -0.2) is 4.79 Å². The van der Waals surface area contributed by atoms with Crippen LogP contribution in [-0.2, 0) is 21.7 Å². The average molecular weight is 484 g/mol. The summed E-state index contributed by atoms with van der Waals surface area (Å²) in [6.45, 7) is 0.439. The summed E-state index contributed by atoms with van der Waals surface area (Å²) in [4.78, 5) is 17.2. The standard InChI is InChI=1S/C26H26ClNO4S/c1-31-21-14-12-19(13-15-21)7-4-5-16-32-17-22(26(29)30)24-10-6-8-20(28-24)18-33-25-11-3-2-9-23(25)27/h2-3,6,8-15,17H,4-5,7,16,18H2,1H3,(H,29,30). The summed E-state index contributed by atoms with van der Waals surface area (Å²) >= 11 is 7.76. The predicted molar refractivity (Wildman–Crippen MR) is 133 cm³/mol. The number of aliphatic carboxylic acids is 1. The molecule has 0 saturated carbocycles. The quantitative estimate of drug-likeness (QED) is 0.137. The summed E-state index contributed by atoms with van der Waals surface area (Å²) in [7, 11) is 1.65. The van der Waals surface area contributed by atoms with Gasteiger partial charge in [-0.2, -0.15) is 0 Å². The Balaban J connectivity index is 1.51. The highest BCUT2D eigenvalue weighted by Crippen LogP contribution is 2.29. The molecule has 0 aliphatic carbocycles. The number of unbranched alkanes of at least 4 members (excludes halogenated alkanes) is 1. The van der Waals surface area contributed by atoms with Gasteiger partial charge in [-0.15, -0.1) is 11.8 Å². The molecule has 3 aromatic rings. The maximum atomic E-state index is 11.8. The molecule has 0 unspecified atom stereocenters. The first-order valence-corrected chi connectivity index (χ1v) is 11.9. The lowest BCUT2D eigenvalue weighted by molar-refractivity contribution is -0.130. The maximum absolute atomic E-state index is 11.8. The van der Waals surface area contributed by atoms with Crippen LogP contribution in [-0.4, -0.2) is 29.8 Å². The normalized spacial score (nSPS) is 11.3. The van der Waals surface area contributed by atoms with Crippen molar-refractivity contribution in [2.24, 2.45) is 0 Å². The number of carboxylic acid groups (broad SMARTS) is 1. The van der Waals surface area contributed by atoms with Crippen LogP contribution in [0.15, 0.2) is 77.9 Å². The van der Waals surface area contributed by atoms with E-state index in [1.165, 1.54) is 11.8 Å². The molecule has 0 amide bonds. The van der Waals surface area contributed by atoms with Crippen LogP contribution in [0.1, 0.15) is 29.8 Å². The van der Waals surface area contributed by atoms with Crippen LogP contribution in [0.5, 0.6) is 5.75 Å². The molecule has 0 fully saturated rings. The second-order valence-corrected chi connectivity index (χ2v) is 8.67. The van der Waals surface area contributed by atoms with Crippen molar-refractivity contribution in [2.75, 3.05) is 13.7 Å². The molecule has 7 heteroatoms. The summed E-state index contributed by atoms with van der Waals surface area (Å²) in [6.07, 6.45) is 3.98. The van der Waals surface area contributed by atoms with Crippen molar-refractivity contribution in [3.8, 4) is 5.75 Å². The van der Waals surface area contributed by atoms with Crippen molar-refractivity contribution in [3.05, 3.63) is 95.0 Å². The first-order valence-electron chi connectivity index (χ1n) is 10.6. The van der Waals surface area contributed by atoms with E-state index in [1.807, 2.05) is 54.6 Å². The van der Waals surface area contributed by atoms with E-state index in [1.54, 1.807) is 31.0 Å². The number of thioether (sulfide) groups is 1. The number of hydrogen-bond acceptors (Lipinski definition) is 5. The monoisotopic (exact) mass is 483 g/mol. The molecule has 0 atom stereocenters. The van der Waals surface area contributed by atoms with Crippen LogP contribution in [0.2, 0.25) is 5.02 Å². The Labute approximate surface area is 203 Å². The lowest BCUT2D eigenvalue weighted by atomic mass is 10.1. The van der Waals surface area contributed by atoms with Crippen molar-refractivity contribution in [1.29, 1.82) is 0 Å². The average Bonchev–Trinajstić information content (AvgIpc) is 2.83. The number of nitrogens with zero attached hydrogens (tertiary/aromatic N) is 1. The molecule has 5 nitrogen and oxygen atoms in total. The summed E-state index contributed by atoms with van der Waals surface area (Å²) in [5.41, 5.74) is 2.41. The topological polar surface area (TPSA) is 68.7 Å². The Hall–Kier alpha value is -2.96. The van der Waals surface area contributed by atoms with Gasteiger partial charge in [0.2, 0.25) is 0 Å². The lowest BCUT2D eigenvalue weighted by Gasteiger charge is -2.08. The molecule has 0 radical (unpaired) electrons. The van der Waals surface area contributed by atoms with E-state index in [0.29, 0.717) is 23.1 Å². The predicted octanol–water partition coefficient (Wildman–Crippen LogP) is 6.50. The summed E-state index contributed by atoms with van der Waals surface area (Å²) in [5, 5.41) is 10.3. The molecule has 0 saturated heterocycles. The molecule has 172 valence electrons. The Morgan fingerprint density at radius 3 is 2.58 bits per heavy atom. The van der Waals surface area contributed by atoms with E-state index in [4.69, 9.17) is 21.1 Å². The number of ether oxygens (including phenoxy) is 2. The highest BCUT2D eigenvalue weighted by molar-refractivity contribution is 7.98. The van der Waals surface area contributed by atoms with Crippen molar-refractivity contribution in [3.63, 3.8) is 0 Å². The first-order chi connectivity index (χ1) is 16.1. The Bertz CT molecular complexity index is 1090. The van der Waals surface area contributed by atoms with Crippen LogP contribution >= 0.6 is 23.4 Å². The van der Waals surface area contributed by atoms with E-state index >= 15 is 0 Å². The lowest BCUT2D eigenvalue weighted by Crippen LogP contribution is -2.04. The van der Waals surface area contributed by atoms with Gasteiger partial charge < -0.3 is 14.6 Å². The van der Waals surface area contributed by atoms with Crippen LogP contribution in [0.25, 0.3) is 5.57 Å². The molecule has 1 heterocycles. The number of benzene rings is 2. The highest BCUT2D eigenvalue weighted by Gasteiger charge is 2.13. The first kappa shape index (κ1) is 24.7. The van der Waals surface area contributed by atoms with Gasteiger partial charge in [0, 0.05) is 10.6 Å². The third kappa shape index (κ3) is 7.84. The third-order valence-electron chi connectivity index (χ3n) is 4.86. The van der Waals surface area contributed by atoms with Gasteiger partial charge in [0.15, 0.2) is 0 Å². The van der Waals surface area contributed by atoms with E-state index < -0.39 is 5.97 Å². The molecule has 0 aliphatic heterocycles. The van der Waals surface area contributed by atoms with Gasteiger partial charge in [0.05, 0.1) is 36.4 Å². The van der Waals surface area contributed by atoms with Gasteiger partial charge in [-0.3, -0.25) is 4.98 Å². The van der Waals surface area contributed by atoms with Crippen LogP contribution < -0.4 is 4.74 Å². The van der Waals surface area contributed by atoms with Crippen LogP contribution in [0.3, 0.4) is 0 Å². The number of carbonyl (C=O) groups is 1. The minimum Gasteiger partial charge on any atom is -0.500 e. The zero-order valence-electron chi connectivity index (χ0n) is 18.4. The van der Waals surface area contributed by atoms with Crippen LogP contribution in [0.4, 0.5) is 0 Å². The highest BCUT2D eigenvalue weighted by atomic mass is 35.5. The SMILES string of the molecule is COc1ccc(CCCCOC=C(C(=O)O)c2cccc(CSc3ccccc3Cl)n2)cc1. The molecular formula is C26H26ClNO4S. The fraction of sp³-hybridized carbons (Fsp3) is 0.231. The molecule has 0 aliphatic rings. The Morgan fingerprint density at radius 1 is 1.06 bits per heavy atom. The van der Waals surface area contributed by atoms with Gasteiger partial charge in [-0.05, 0) is 61.2 Å². The minimum atomic E-state index is -1.07. The number of pyridine rings is 1. The van der Waals surface area contributed by atoms with Gasteiger partial charge in [0.25, 0.3) is 0 Å². The maximum Gasteiger partial charge on any atom is 0.341 e. The van der Waals surface area contributed by atoms with Gasteiger partial charge in [0.1, 0.15) is 11.3 Å². The number of carboxylic acids is 1. The van der Waals surface area contributed by atoms with E-state index in [-0.39, 0.29) is 5.57 Å². The minimum absolute atomic E-state index is 0.0368. The van der Waals surface area contributed by atoms with Crippen molar-refractivity contribution in [2.45, 2.75) is 29.9 Å². The number of aromatic nitrogens is 1. The molecule has 0 bridgehead atoms. The van der Waals surface area contributed by atoms with Crippen molar-refractivity contribution < 1.29 is 19.4 Å². The summed E-state index contributed by atoms with van der Waals surface area (Å²) in [6, 6.07) is 20.9. The van der Waals surface area contributed by atoms with Crippen molar-refractivity contribution in [1.82, 2.24) is 4.98 Å². The zero-order valence-corrected chi connectivity index (χ0v) is 19.9. The fourth-order valence-corrected chi connectivity index (χ4v) is 4.24. The van der Waals surface area contributed by atoms with Gasteiger partial charge >= 0.3 is 5.97 Å². The van der Waals surface area contributed by atoms with Gasteiger partial charge in [-0.1, -0.05) is 41.9 Å². The second kappa shape index (κ2) is 12.9. The fourth-order valence-electron chi connectivity index (χ4n) is 3.09. The zero-order chi connectivity index (χ0) is 23.5. The van der Waals surface area contributed by atoms with E-state index in [2.05, 4.69) is 4.98 Å². The smallest absolute Gasteiger partial charge is 0.341 e. The molecule has 1 N–H and O–H groups in total. The number of hydrogen-bond donors (Lipinski definition) is 1. The Morgan fingerprint density at radius 2 is 1.85 bits per heavy atom. The van der Waals surface area contributed by atoms with Crippen molar-refractivity contribution >= 4 is 34.9 Å². The van der Waals surface area contributed by atoms with E-state index in [9.17, 15) is 9.90 Å². The third-order valence-corrected chi connectivity index (χ3v) is 6.41. The molecule has 33 heavy (non-hydrogen) atoms. The summed E-state index contributed by atoms with van der Waals surface area (Å²) in [5.74, 6) is 0.349. The molecular weight excluding hydrogens is 458 g/mol. The Kier molecular flexibility index (Phi) is 9.66. The number of aryl methyl sites for hydroxylation is 1. The summed E-state index contributed by atoms with van der Waals surface area (Å²) < 4.78 is 10.7. The number of rotatable bonds is 12. The number of methoxy groups -OCH3 is 1. The number of halogens is 1. The molecule has 2 aromatic carbocycles. The van der Waals surface area contributed by atoms with E-state index in [0.717, 1.165) is 35.6 Å². The molecule has 0 spiro atoms. The largest absolute Gasteiger partial charge is 0.500 e.